The minimum Gasteiger partial charge on any atom is -0.316 e. The van der Waals surface area contributed by atoms with Gasteiger partial charge in [0.25, 0.3) is 0 Å². The summed E-state index contributed by atoms with van der Waals surface area (Å²) in [5.74, 6) is 0. The fourth-order valence-electron chi connectivity index (χ4n) is 2.16. The largest absolute Gasteiger partial charge is 0.316 e. The molecule has 0 aromatic rings. The minimum absolute atomic E-state index is 0.600. The predicted octanol–water partition coefficient (Wildman–Crippen LogP) is 2.11. The van der Waals surface area contributed by atoms with E-state index < -0.39 is 0 Å². The number of hydrogen-bond acceptors (Lipinski definition) is 2. The highest BCUT2D eigenvalue weighted by atomic mass is 15.1. The summed E-state index contributed by atoms with van der Waals surface area (Å²) in [7, 11) is 2.23. The van der Waals surface area contributed by atoms with E-state index in [1.165, 1.54) is 38.9 Å². The Kier molecular flexibility index (Phi) is 4.39. The first-order chi connectivity index (χ1) is 6.59. The van der Waals surface area contributed by atoms with E-state index in [2.05, 4.69) is 38.0 Å². The molecule has 1 rings (SSSR count). The molecule has 2 heteroatoms. The second-order valence-corrected chi connectivity index (χ2v) is 5.10. The first kappa shape index (κ1) is 12.0. The Morgan fingerprint density at radius 2 is 2.14 bits per heavy atom. The van der Waals surface area contributed by atoms with E-state index in [4.69, 9.17) is 0 Å². The summed E-state index contributed by atoms with van der Waals surface area (Å²) in [6.07, 6.45) is 4.05. The Morgan fingerprint density at radius 3 is 2.57 bits per heavy atom. The van der Waals surface area contributed by atoms with Crippen LogP contribution in [-0.4, -0.2) is 37.6 Å². The molecule has 1 N–H and O–H groups in total. The summed E-state index contributed by atoms with van der Waals surface area (Å²) in [5.41, 5.74) is 0.600. The third kappa shape index (κ3) is 2.96. The summed E-state index contributed by atoms with van der Waals surface area (Å²) < 4.78 is 0. The molecule has 0 saturated carbocycles. The van der Waals surface area contributed by atoms with Crippen LogP contribution in [0.4, 0.5) is 0 Å². The van der Waals surface area contributed by atoms with E-state index in [0.29, 0.717) is 11.5 Å². The second-order valence-electron chi connectivity index (χ2n) is 5.10. The Balaban J connectivity index is 2.34. The van der Waals surface area contributed by atoms with E-state index >= 15 is 0 Å². The van der Waals surface area contributed by atoms with Crippen molar-refractivity contribution < 1.29 is 0 Å². The minimum atomic E-state index is 0.600. The zero-order valence-electron chi connectivity index (χ0n) is 10.3. The van der Waals surface area contributed by atoms with Crippen LogP contribution < -0.4 is 5.32 Å². The van der Waals surface area contributed by atoms with Crippen molar-refractivity contribution in [3.63, 3.8) is 0 Å². The molecular formula is C12H26N2. The third-order valence-electron chi connectivity index (χ3n) is 3.96. The molecule has 1 saturated heterocycles. The van der Waals surface area contributed by atoms with Crippen LogP contribution in [0, 0.1) is 5.41 Å². The summed E-state index contributed by atoms with van der Waals surface area (Å²) in [6, 6.07) is 0.679. The molecular weight excluding hydrogens is 172 g/mol. The van der Waals surface area contributed by atoms with Crippen LogP contribution >= 0.6 is 0 Å². The normalized spacial score (nSPS) is 27.9. The van der Waals surface area contributed by atoms with Gasteiger partial charge in [-0.05, 0) is 58.7 Å². The van der Waals surface area contributed by atoms with Gasteiger partial charge in [0.1, 0.15) is 0 Å². The smallest absolute Gasteiger partial charge is 0.00355 e. The van der Waals surface area contributed by atoms with Gasteiger partial charge in [0.2, 0.25) is 0 Å². The van der Waals surface area contributed by atoms with Gasteiger partial charge in [0.05, 0.1) is 0 Å². The van der Waals surface area contributed by atoms with Crippen LogP contribution in [0.2, 0.25) is 0 Å². The zero-order valence-corrected chi connectivity index (χ0v) is 10.3. The standard InChI is InChI=1S/C12H26N2/c1-5-12(6-8-13-10-12)7-9-14(4)11(2)3/h11,13H,5-10H2,1-4H3. The Bertz CT molecular complexity index is 160. The predicted molar refractivity (Wildman–Crippen MR) is 62.6 cm³/mol. The molecule has 0 aliphatic carbocycles. The maximum Gasteiger partial charge on any atom is 0.00355 e. The monoisotopic (exact) mass is 198 g/mol. The molecule has 1 atom stereocenters. The van der Waals surface area contributed by atoms with Crippen LogP contribution in [0.5, 0.6) is 0 Å². The molecule has 84 valence electrons. The van der Waals surface area contributed by atoms with Gasteiger partial charge in [-0.2, -0.15) is 0 Å². The summed E-state index contributed by atoms with van der Waals surface area (Å²) in [4.78, 5) is 2.45. The molecule has 0 aromatic heterocycles. The summed E-state index contributed by atoms with van der Waals surface area (Å²) in [6.45, 7) is 10.6. The molecule has 14 heavy (non-hydrogen) atoms. The maximum atomic E-state index is 3.50. The Morgan fingerprint density at radius 1 is 1.43 bits per heavy atom. The molecule has 1 aliphatic heterocycles. The summed E-state index contributed by atoms with van der Waals surface area (Å²) >= 11 is 0. The van der Waals surface area contributed by atoms with Crippen molar-refractivity contribution in [1.29, 1.82) is 0 Å². The maximum absolute atomic E-state index is 3.50. The van der Waals surface area contributed by atoms with Crippen molar-refractivity contribution in [1.82, 2.24) is 10.2 Å². The first-order valence-corrected chi connectivity index (χ1v) is 6.00. The Hall–Kier alpha value is -0.0800. The average molecular weight is 198 g/mol. The van der Waals surface area contributed by atoms with E-state index in [1.807, 2.05) is 0 Å². The van der Waals surface area contributed by atoms with Crippen LogP contribution in [0.25, 0.3) is 0 Å². The molecule has 0 bridgehead atoms. The molecule has 1 fully saturated rings. The van der Waals surface area contributed by atoms with E-state index in [0.717, 1.165) is 0 Å². The van der Waals surface area contributed by atoms with Gasteiger partial charge in [0, 0.05) is 12.6 Å². The molecule has 1 unspecified atom stereocenters. The molecule has 1 aliphatic rings. The molecule has 0 aromatic carbocycles. The van der Waals surface area contributed by atoms with Gasteiger partial charge >= 0.3 is 0 Å². The highest BCUT2D eigenvalue weighted by molar-refractivity contribution is 4.87. The molecule has 1 heterocycles. The lowest BCUT2D eigenvalue weighted by Gasteiger charge is -2.30. The van der Waals surface area contributed by atoms with Crippen molar-refractivity contribution in [2.75, 3.05) is 26.7 Å². The van der Waals surface area contributed by atoms with Crippen molar-refractivity contribution in [3.8, 4) is 0 Å². The van der Waals surface area contributed by atoms with Crippen LogP contribution in [0.15, 0.2) is 0 Å². The van der Waals surface area contributed by atoms with Crippen LogP contribution in [0.3, 0.4) is 0 Å². The average Bonchev–Trinajstić information content (AvgIpc) is 2.63. The number of nitrogens with zero attached hydrogens (tertiary/aromatic N) is 1. The highest BCUT2D eigenvalue weighted by Gasteiger charge is 2.31. The molecule has 0 spiro atoms. The molecule has 2 nitrogen and oxygen atoms in total. The topological polar surface area (TPSA) is 15.3 Å². The third-order valence-corrected chi connectivity index (χ3v) is 3.96. The van der Waals surface area contributed by atoms with Crippen LogP contribution in [0.1, 0.15) is 40.0 Å². The SMILES string of the molecule is CCC1(CCN(C)C(C)C)CCNC1. The molecule has 0 amide bonds. The lowest BCUT2D eigenvalue weighted by molar-refractivity contribution is 0.199. The van der Waals surface area contributed by atoms with Gasteiger partial charge in [-0.25, -0.2) is 0 Å². The highest BCUT2D eigenvalue weighted by Crippen LogP contribution is 2.33. The lowest BCUT2D eigenvalue weighted by Crippen LogP contribution is -2.33. The van der Waals surface area contributed by atoms with Gasteiger partial charge in [0.15, 0.2) is 0 Å². The number of rotatable bonds is 5. The second kappa shape index (κ2) is 5.13. The van der Waals surface area contributed by atoms with Gasteiger partial charge in [-0.15, -0.1) is 0 Å². The van der Waals surface area contributed by atoms with Gasteiger partial charge < -0.3 is 10.2 Å². The lowest BCUT2D eigenvalue weighted by atomic mass is 9.81. The first-order valence-electron chi connectivity index (χ1n) is 6.00. The Labute approximate surface area is 89.1 Å². The number of nitrogens with one attached hydrogen (secondary N) is 1. The fourth-order valence-corrected chi connectivity index (χ4v) is 2.16. The van der Waals surface area contributed by atoms with Crippen molar-refractivity contribution in [2.45, 2.75) is 46.1 Å². The quantitative estimate of drug-likeness (QED) is 0.728. The number of hydrogen-bond donors (Lipinski definition) is 1. The van der Waals surface area contributed by atoms with E-state index in [-0.39, 0.29) is 0 Å². The van der Waals surface area contributed by atoms with E-state index in [1.54, 1.807) is 0 Å². The van der Waals surface area contributed by atoms with E-state index in [9.17, 15) is 0 Å². The van der Waals surface area contributed by atoms with Gasteiger partial charge in [-0.1, -0.05) is 6.92 Å². The van der Waals surface area contributed by atoms with Crippen LogP contribution in [-0.2, 0) is 0 Å². The van der Waals surface area contributed by atoms with Gasteiger partial charge in [-0.3, -0.25) is 0 Å². The summed E-state index contributed by atoms with van der Waals surface area (Å²) in [5, 5.41) is 3.50. The molecule has 0 radical (unpaired) electrons. The fraction of sp³-hybridized carbons (Fsp3) is 1.00. The van der Waals surface area contributed by atoms with Crippen molar-refractivity contribution >= 4 is 0 Å². The van der Waals surface area contributed by atoms with Crippen molar-refractivity contribution in [2.24, 2.45) is 5.41 Å². The zero-order chi connectivity index (χ0) is 10.6. The van der Waals surface area contributed by atoms with Crippen molar-refractivity contribution in [3.05, 3.63) is 0 Å².